The molecule has 0 radical (unpaired) electrons. The topological polar surface area (TPSA) is 41.1 Å². The van der Waals surface area contributed by atoms with Crippen molar-refractivity contribution in [3.05, 3.63) is 46.7 Å². The van der Waals surface area contributed by atoms with Gasteiger partial charge in [0.1, 0.15) is 0 Å². The highest BCUT2D eigenvalue weighted by Gasteiger charge is 2.05. The summed E-state index contributed by atoms with van der Waals surface area (Å²) >= 11 is 1.69. The van der Waals surface area contributed by atoms with Crippen LogP contribution in [0.2, 0.25) is 0 Å². The van der Waals surface area contributed by atoms with Crippen LogP contribution >= 0.6 is 11.3 Å². The molecule has 1 aromatic heterocycles. The van der Waals surface area contributed by atoms with Crippen LogP contribution in [0.1, 0.15) is 25.8 Å². The summed E-state index contributed by atoms with van der Waals surface area (Å²) in [4.78, 5) is 11.7. The summed E-state index contributed by atoms with van der Waals surface area (Å²) in [7, 11) is 0. The van der Waals surface area contributed by atoms with Crippen LogP contribution in [0.5, 0.6) is 0 Å². The second kappa shape index (κ2) is 7.10. The highest BCUT2D eigenvalue weighted by atomic mass is 32.1. The molecule has 106 valence electrons. The van der Waals surface area contributed by atoms with E-state index < -0.39 is 0 Å². The maximum absolute atomic E-state index is 11.7. The molecular weight excluding hydrogens is 268 g/mol. The van der Waals surface area contributed by atoms with Gasteiger partial charge in [0.25, 0.3) is 0 Å². The molecule has 0 fully saturated rings. The van der Waals surface area contributed by atoms with Crippen LogP contribution in [0.3, 0.4) is 0 Å². The van der Waals surface area contributed by atoms with Crippen molar-refractivity contribution in [1.82, 2.24) is 0 Å². The van der Waals surface area contributed by atoms with Crippen LogP contribution in [0.25, 0.3) is 0 Å². The molecule has 20 heavy (non-hydrogen) atoms. The Morgan fingerprint density at radius 2 is 2.05 bits per heavy atom. The van der Waals surface area contributed by atoms with Gasteiger partial charge in [0.2, 0.25) is 5.91 Å². The number of carbonyl (C=O) groups excluding carboxylic acids is 1. The van der Waals surface area contributed by atoms with E-state index >= 15 is 0 Å². The minimum Gasteiger partial charge on any atom is -0.381 e. The van der Waals surface area contributed by atoms with Crippen molar-refractivity contribution in [2.24, 2.45) is 5.92 Å². The van der Waals surface area contributed by atoms with Gasteiger partial charge in [-0.1, -0.05) is 19.9 Å². The minimum atomic E-state index is 0.0648. The molecule has 2 rings (SSSR count). The molecule has 2 N–H and O–H groups in total. The van der Waals surface area contributed by atoms with Gasteiger partial charge in [0, 0.05) is 24.3 Å². The van der Waals surface area contributed by atoms with Gasteiger partial charge in [-0.05, 0) is 46.5 Å². The van der Waals surface area contributed by atoms with Gasteiger partial charge in [-0.15, -0.1) is 0 Å². The van der Waals surface area contributed by atoms with Crippen LogP contribution in [-0.2, 0) is 11.3 Å². The first kappa shape index (κ1) is 14.6. The van der Waals surface area contributed by atoms with Crippen LogP contribution < -0.4 is 10.6 Å². The average molecular weight is 288 g/mol. The molecule has 1 heterocycles. The normalized spacial score (nSPS) is 10.6. The Morgan fingerprint density at radius 3 is 2.75 bits per heavy atom. The van der Waals surface area contributed by atoms with E-state index in [0.717, 1.165) is 17.9 Å². The van der Waals surface area contributed by atoms with E-state index in [1.165, 1.54) is 5.56 Å². The summed E-state index contributed by atoms with van der Waals surface area (Å²) in [6.07, 6.45) is 0.548. The van der Waals surface area contributed by atoms with Gasteiger partial charge in [-0.2, -0.15) is 11.3 Å². The van der Waals surface area contributed by atoms with Gasteiger partial charge in [-0.25, -0.2) is 0 Å². The smallest absolute Gasteiger partial charge is 0.224 e. The van der Waals surface area contributed by atoms with Crippen molar-refractivity contribution >= 4 is 28.6 Å². The van der Waals surface area contributed by atoms with Crippen molar-refractivity contribution < 1.29 is 4.79 Å². The molecule has 0 aliphatic rings. The van der Waals surface area contributed by atoms with E-state index in [1.54, 1.807) is 11.3 Å². The highest BCUT2D eigenvalue weighted by molar-refractivity contribution is 7.07. The summed E-state index contributed by atoms with van der Waals surface area (Å²) in [5.41, 5.74) is 3.12. The van der Waals surface area contributed by atoms with Gasteiger partial charge in [0.05, 0.1) is 0 Å². The summed E-state index contributed by atoms with van der Waals surface area (Å²) < 4.78 is 0. The third kappa shape index (κ3) is 4.70. The largest absolute Gasteiger partial charge is 0.381 e. The number of rotatable bonds is 6. The Labute approximate surface area is 124 Å². The molecule has 3 nitrogen and oxygen atoms in total. The highest BCUT2D eigenvalue weighted by Crippen LogP contribution is 2.17. The van der Waals surface area contributed by atoms with Crippen LogP contribution in [0, 0.1) is 5.92 Å². The molecule has 0 atom stereocenters. The summed E-state index contributed by atoms with van der Waals surface area (Å²) in [6, 6.07) is 9.93. The number of hydrogen-bond acceptors (Lipinski definition) is 3. The molecule has 0 saturated heterocycles. The lowest BCUT2D eigenvalue weighted by atomic mass is 10.1. The molecule has 0 aliphatic carbocycles. The van der Waals surface area contributed by atoms with E-state index in [2.05, 4.69) is 27.5 Å². The first-order chi connectivity index (χ1) is 9.63. The van der Waals surface area contributed by atoms with Gasteiger partial charge in [-0.3, -0.25) is 4.79 Å². The van der Waals surface area contributed by atoms with Gasteiger partial charge in [0.15, 0.2) is 0 Å². The first-order valence-electron chi connectivity index (χ1n) is 6.78. The van der Waals surface area contributed by atoms with Crippen molar-refractivity contribution in [3.8, 4) is 0 Å². The van der Waals surface area contributed by atoms with Gasteiger partial charge >= 0.3 is 0 Å². The molecule has 0 saturated carbocycles. The number of hydrogen-bond donors (Lipinski definition) is 2. The molecule has 2 aromatic rings. The Hall–Kier alpha value is -1.81. The first-order valence-corrected chi connectivity index (χ1v) is 7.72. The van der Waals surface area contributed by atoms with Crippen molar-refractivity contribution in [2.75, 3.05) is 10.6 Å². The van der Waals surface area contributed by atoms with Crippen molar-refractivity contribution in [1.29, 1.82) is 0 Å². The number of nitrogens with one attached hydrogen (secondary N) is 2. The van der Waals surface area contributed by atoms with Crippen molar-refractivity contribution in [2.45, 2.75) is 26.8 Å². The third-order valence-corrected chi connectivity index (χ3v) is 3.55. The maximum Gasteiger partial charge on any atom is 0.224 e. The number of carbonyl (C=O) groups is 1. The Balaban J connectivity index is 1.92. The number of anilines is 2. The number of amides is 1. The summed E-state index contributed by atoms with van der Waals surface area (Å²) in [6.45, 7) is 4.88. The predicted octanol–water partition coefficient (Wildman–Crippen LogP) is 4.34. The lowest BCUT2D eigenvalue weighted by Crippen LogP contribution is -2.13. The van der Waals surface area contributed by atoms with Crippen LogP contribution in [0.15, 0.2) is 41.1 Å². The quantitative estimate of drug-likeness (QED) is 0.830. The third-order valence-electron chi connectivity index (χ3n) is 2.82. The Kier molecular flexibility index (Phi) is 5.18. The van der Waals surface area contributed by atoms with E-state index in [1.807, 2.05) is 38.1 Å². The molecule has 1 aromatic carbocycles. The second-order valence-electron chi connectivity index (χ2n) is 5.21. The van der Waals surface area contributed by atoms with Gasteiger partial charge < -0.3 is 10.6 Å². The van der Waals surface area contributed by atoms with E-state index in [4.69, 9.17) is 0 Å². The SMILES string of the molecule is CC(C)CC(=O)Nc1cccc(NCc2ccsc2)c1. The second-order valence-corrected chi connectivity index (χ2v) is 5.99. The Bertz CT molecular complexity index is 549. The average Bonchev–Trinajstić information content (AvgIpc) is 2.88. The number of benzene rings is 1. The maximum atomic E-state index is 11.7. The summed E-state index contributed by atoms with van der Waals surface area (Å²) in [5, 5.41) is 10.5. The standard InChI is InChI=1S/C16H20N2OS/c1-12(2)8-16(19)18-15-5-3-4-14(9-15)17-10-13-6-7-20-11-13/h3-7,9,11-12,17H,8,10H2,1-2H3,(H,18,19). The number of thiophene rings is 1. The molecular formula is C16H20N2OS. The fourth-order valence-corrected chi connectivity index (χ4v) is 2.56. The fraction of sp³-hybridized carbons (Fsp3) is 0.312. The molecule has 0 bridgehead atoms. The minimum absolute atomic E-state index is 0.0648. The molecule has 4 heteroatoms. The summed E-state index contributed by atoms with van der Waals surface area (Å²) in [5.74, 6) is 0.435. The van der Waals surface area contributed by atoms with Crippen LogP contribution in [0.4, 0.5) is 11.4 Å². The van der Waals surface area contributed by atoms with E-state index in [0.29, 0.717) is 12.3 Å². The zero-order chi connectivity index (χ0) is 14.4. The molecule has 1 amide bonds. The molecule has 0 aliphatic heterocycles. The van der Waals surface area contributed by atoms with Crippen LogP contribution in [-0.4, -0.2) is 5.91 Å². The van der Waals surface area contributed by atoms with E-state index in [-0.39, 0.29) is 5.91 Å². The fourth-order valence-electron chi connectivity index (χ4n) is 1.89. The van der Waals surface area contributed by atoms with E-state index in [9.17, 15) is 4.79 Å². The Morgan fingerprint density at radius 1 is 1.25 bits per heavy atom. The predicted molar refractivity (Wildman–Crippen MR) is 86.2 cm³/mol. The molecule has 0 unspecified atom stereocenters. The lowest BCUT2D eigenvalue weighted by molar-refractivity contribution is -0.116. The monoisotopic (exact) mass is 288 g/mol. The lowest BCUT2D eigenvalue weighted by Gasteiger charge is -2.10. The van der Waals surface area contributed by atoms with Crippen molar-refractivity contribution in [3.63, 3.8) is 0 Å². The zero-order valence-corrected chi connectivity index (χ0v) is 12.7. The molecule has 0 spiro atoms. The zero-order valence-electron chi connectivity index (χ0n) is 11.8.